The number of fused-ring (bicyclic) bond motifs is 2. The van der Waals surface area contributed by atoms with Crippen LogP contribution in [0.2, 0.25) is 0 Å². The van der Waals surface area contributed by atoms with Crippen LogP contribution in [0.4, 0.5) is 8.78 Å². The molecule has 2 heterocycles. The number of hydrogen-bond donors (Lipinski definition) is 1. The minimum atomic E-state index is -2.40. The Hall–Kier alpha value is -0.480. The number of rotatable bonds is 2. The zero-order valence-electron chi connectivity index (χ0n) is 6.36. The van der Waals surface area contributed by atoms with Crippen molar-refractivity contribution in [1.29, 1.82) is 0 Å². The van der Waals surface area contributed by atoms with E-state index >= 15 is 0 Å². The van der Waals surface area contributed by atoms with Crippen LogP contribution in [0.5, 0.6) is 0 Å². The highest BCUT2D eigenvalue weighted by Gasteiger charge is 2.49. The highest BCUT2D eigenvalue weighted by Crippen LogP contribution is 2.41. The molecule has 0 saturated carbocycles. The molecule has 1 saturated heterocycles. The highest BCUT2D eigenvalue weighted by molar-refractivity contribution is 5.14. The van der Waals surface area contributed by atoms with E-state index in [0.29, 0.717) is 0 Å². The van der Waals surface area contributed by atoms with Gasteiger partial charge in [0.15, 0.2) is 0 Å². The quantitative estimate of drug-likeness (QED) is 0.631. The van der Waals surface area contributed by atoms with Gasteiger partial charge in [0, 0.05) is 12.5 Å². The van der Waals surface area contributed by atoms with E-state index in [1.165, 1.54) is 0 Å². The number of aliphatic hydroxyl groups is 1. The van der Waals surface area contributed by atoms with Gasteiger partial charge < -0.3 is 9.84 Å². The van der Waals surface area contributed by atoms with Gasteiger partial charge in [-0.25, -0.2) is 8.78 Å². The molecule has 4 atom stereocenters. The molecule has 1 N–H and O–H groups in total. The van der Waals surface area contributed by atoms with Crippen LogP contribution >= 0.6 is 0 Å². The Kier molecular flexibility index (Phi) is 1.88. The average Bonchev–Trinajstić information content (AvgIpc) is 2.60. The summed E-state index contributed by atoms with van der Waals surface area (Å²) in [5, 5.41) is 8.86. The average molecular weight is 176 g/mol. The Labute approximate surface area is 68.8 Å². The highest BCUT2D eigenvalue weighted by atomic mass is 19.3. The van der Waals surface area contributed by atoms with E-state index < -0.39 is 24.4 Å². The van der Waals surface area contributed by atoms with Gasteiger partial charge in [-0.2, -0.15) is 0 Å². The van der Waals surface area contributed by atoms with Crippen molar-refractivity contribution in [3.8, 4) is 0 Å². The van der Waals surface area contributed by atoms with Crippen molar-refractivity contribution >= 4 is 0 Å². The van der Waals surface area contributed by atoms with Gasteiger partial charge in [0.1, 0.15) is 0 Å². The van der Waals surface area contributed by atoms with Crippen LogP contribution in [0.1, 0.15) is 0 Å². The summed E-state index contributed by atoms with van der Waals surface area (Å²) in [7, 11) is 0. The Morgan fingerprint density at radius 2 is 2.00 bits per heavy atom. The van der Waals surface area contributed by atoms with E-state index in [0.717, 1.165) is 0 Å². The molecule has 2 aliphatic rings. The Bertz CT molecular complexity index is 205. The van der Waals surface area contributed by atoms with Gasteiger partial charge in [0.25, 0.3) is 0 Å². The van der Waals surface area contributed by atoms with Gasteiger partial charge in [-0.1, -0.05) is 12.2 Å². The molecule has 0 spiro atoms. The lowest BCUT2D eigenvalue weighted by molar-refractivity contribution is 0.0233. The minimum Gasteiger partial charge on any atom is -0.396 e. The first-order chi connectivity index (χ1) is 5.74. The third kappa shape index (κ3) is 0.983. The molecule has 0 amide bonds. The summed E-state index contributed by atoms with van der Waals surface area (Å²) >= 11 is 0. The fraction of sp³-hybridized carbons (Fsp3) is 0.750. The molecule has 0 radical (unpaired) electrons. The summed E-state index contributed by atoms with van der Waals surface area (Å²) in [6.07, 6.45) is 0.242. The fourth-order valence-electron chi connectivity index (χ4n) is 1.97. The molecule has 0 aromatic rings. The lowest BCUT2D eigenvalue weighted by Crippen LogP contribution is -2.32. The maximum absolute atomic E-state index is 12.4. The van der Waals surface area contributed by atoms with E-state index in [1.807, 2.05) is 0 Å². The van der Waals surface area contributed by atoms with Crippen LogP contribution < -0.4 is 0 Å². The molecule has 2 rings (SSSR count). The molecule has 0 aromatic heterocycles. The summed E-state index contributed by atoms with van der Waals surface area (Å²) in [5.74, 6) is -1.23. The molecular formula is C8H10F2O2. The molecule has 2 bridgehead atoms. The molecule has 12 heavy (non-hydrogen) atoms. The first-order valence-corrected chi connectivity index (χ1v) is 3.97. The Morgan fingerprint density at radius 3 is 2.50 bits per heavy atom. The first kappa shape index (κ1) is 8.13. The maximum atomic E-state index is 12.4. The predicted octanol–water partition coefficient (Wildman–Crippen LogP) is 0.813. The van der Waals surface area contributed by atoms with Gasteiger partial charge in [0.2, 0.25) is 6.43 Å². The van der Waals surface area contributed by atoms with E-state index in [-0.39, 0.29) is 12.7 Å². The number of alkyl halides is 2. The van der Waals surface area contributed by atoms with Crippen LogP contribution in [0.3, 0.4) is 0 Å². The van der Waals surface area contributed by atoms with E-state index in [1.54, 1.807) is 12.2 Å². The SMILES string of the molecule is OC[C@@H]1[C@@H](C(F)F)[C@H]2C=C[C@@H]1O2. The molecule has 2 nitrogen and oxygen atoms in total. The van der Waals surface area contributed by atoms with Crippen molar-refractivity contribution in [3.63, 3.8) is 0 Å². The molecule has 0 aromatic carbocycles. The Morgan fingerprint density at radius 1 is 1.33 bits per heavy atom. The van der Waals surface area contributed by atoms with Gasteiger partial charge >= 0.3 is 0 Å². The fourth-order valence-corrected chi connectivity index (χ4v) is 1.97. The lowest BCUT2D eigenvalue weighted by atomic mass is 9.84. The third-order valence-corrected chi connectivity index (χ3v) is 2.60. The van der Waals surface area contributed by atoms with Crippen molar-refractivity contribution in [2.24, 2.45) is 11.8 Å². The second-order valence-corrected chi connectivity index (χ2v) is 3.21. The standard InChI is InChI=1S/C8H10F2O2/c9-8(10)7-4(3-11)5-1-2-6(7)12-5/h1-2,4-8,11H,3H2/t4-,5-,6+,7+/m0/s1. The number of aliphatic hydroxyl groups excluding tert-OH is 1. The molecule has 2 aliphatic heterocycles. The predicted molar refractivity (Wildman–Crippen MR) is 37.9 cm³/mol. The molecule has 68 valence electrons. The van der Waals surface area contributed by atoms with Crippen molar-refractivity contribution < 1.29 is 18.6 Å². The van der Waals surface area contributed by atoms with Gasteiger partial charge in [-0.3, -0.25) is 0 Å². The molecule has 4 heteroatoms. The topological polar surface area (TPSA) is 29.5 Å². The summed E-state index contributed by atoms with van der Waals surface area (Å²) in [5.41, 5.74) is 0. The van der Waals surface area contributed by atoms with Crippen LogP contribution in [0.25, 0.3) is 0 Å². The zero-order chi connectivity index (χ0) is 8.72. The summed E-state index contributed by atoms with van der Waals surface area (Å²) in [6, 6.07) is 0. The molecular weight excluding hydrogens is 166 g/mol. The van der Waals surface area contributed by atoms with Crippen molar-refractivity contribution in [2.75, 3.05) is 6.61 Å². The maximum Gasteiger partial charge on any atom is 0.244 e. The monoisotopic (exact) mass is 176 g/mol. The smallest absolute Gasteiger partial charge is 0.244 e. The van der Waals surface area contributed by atoms with Crippen LogP contribution in [0, 0.1) is 11.8 Å². The van der Waals surface area contributed by atoms with E-state index in [9.17, 15) is 8.78 Å². The lowest BCUT2D eigenvalue weighted by Gasteiger charge is -2.21. The van der Waals surface area contributed by atoms with E-state index in [4.69, 9.17) is 9.84 Å². The van der Waals surface area contributed by atoms with Crippen molar-refractivity contribution in [2.45, 2.75) is 18.6 Å². The summed E-state index contributed by atoms with van der Waals surface area (Å²) in [4.78, 5) is 0. The summed E-state index contributed by atoms with van der Waals surface area (Å²) < 4.78 is 30.0. The Balaban J connectivity index is 2.17. The van der Waals surface area contributed by atoms with Crippen molar-refractivity contribution in [1.82, 2.24) is 0 Å². The first-order valence-electron chi connectivity index (χ1n) is 3.97. The molecule has 1 fully saturated rings. The largest absolute Gasteiger partial charge is 0.396 e. The van der Waals surface area contributed by atoms with Gasteiger partial charge in [0.05, 0.1) is 18.1 Å². The normalized spacial score (nSPS) is 44.7. The number of ether oxygens (including phenoxy) is 1. The zero-order valence-corrected chi connectivity index (χ0v) is 6.36. The van der Waals surface area contributed by atoms with E-state index in [2.05, 4.69) is 0 Å². The van der Waals surface area contributed by atoms with Crippen molar-refractivity contribution in [3.05, 3.63) is 12.2 Å². The third-order valence-electron chi connectivity index (χ3n) is 2.60. The van der Waals surface area contributed by atoms with Crippen LogP contribution in [-0.2, 0) is 4.74 Å². The number of halogens is 2. The van der Waals surface area contributed by atoms with Crippen LogP contribution in [0.15, 0.2) is 12.2 Å². The van der Waals surface area contributed by atoms with Gasteiger partial charge in [-0.15, -0.1) is 0 Å². The summed E-state index contributed by atoms with van der Waals surface area (Å²) in [6.45, 7) is -0.222. The minimum absolute atomic E-state index is 0.222. The second-order valence-electron chi connectivity index (χ2n) is 3.21. The molecule has 0 aliphatic carbocycles. The molecule has 0 unspecified atom stereocenters. The van der Waals surface area contributed by atoms with Gasteiger partial charge in [-0.05, 0) is 0 Å². The van der Waals surface area contributed by atoms with Crippen LogP contribution in [-0.4, -0.2) is 30.3 Å². The number of hydrogen-bond acceptors (Lipinski definition) is 2. The second kappa shape index (κ2) is 2.78.